The Morgan fingerprint density at radius 1 is 1.32 bits per heavy atom. The molecule has 1 aromatic heterocycles. The molecule has 0 atom stereocenters. The van der Waals surface area contributed by atoms with Crippen LogP contribution in [0.5, 0.6) is 0 Å². The molecule has 19 heavy (non-hydrogen) atoms. The fraction of sp³-hybridized carbons (Fsp3) is 0.417. The molecular formula is C12H13Cl2N3O2. The zero-order valence-electron chi connectivity index (χ0n) is 10.2. The van der Waals surface area contributed by atoms with Crippen LogP contribution in [0.25, 0.3) is 0 Å². The number of likely N-dealkylation sites (tertiary alicyclic amines) is 1. The Morgan fingerprint density at radius 3 is 2.63 bits per heavy atom. The zero-order chi connectivity index (χ0) is 13.8. The molecule has 102 valence electrons. The largest absolute Gasteiger partial charge is 0.343 e. The standard InChI is InChI=1S/C12H13Cl2N3O2/c13-9-5-8(6-15-11(9)14)12(19)16-7-10(18)17-3-1-2-4-17/h5-6H,1-4,7H2,(H,16,19). The van der Waals surface area contributed by atoms with Gasteiger partial charge in [0.15, 0.2) is 0 Å². The first-order chi connectivity index (χ1) is 9.08. The molecule has 0 aliphatic carbocycles. The van der Waals surface area contributed by atoms with E-state index in [4.69, 9.17) is 23.2 Å². The number of pyridine rings is 1. The summed E-state index contributed by atoms with van der Waals surface area (Å²) in [7, 11) is 0. The molecule has 2 rings (SSSR count). The van der Waals surface area contributed by atoms with Crippen molar-refractivity contribution >= 4 is 35.0 Å². The minimum Gasteiger partial charge on any atom is -0.343 e. The van der Waals surface area contributed by atoms with E-state index in [0.29, 0.717) is 0 Å². The van der Waals surface area contributed by atoms with Crippen LogP contribution in [-0.4, -0.2) is 41.3 Å². The second-order valence-corrected chi connectivity index (χ2v) is 5.03. The van der Waals surface area contributed by atoms with Crippen LogP contribution in [-0.2, 0) is 4.79 Å². The maximum absolute atomic E-state index is 11.8. The number of nitrogens with one attached hydrogen (secondary N) is 1. The fourth-order valence-corrected chi connectivity index (χ4v) is 2.15. The molecule has 0 saturated carbocycles. The lowest BCUT2D eigenvalue weighted by Crippen LogP contribution is -2.38. The number of nitrogens with zero attached hydrogens (tertiary/aromatic N) is 2. The highest BCUT2D eigenvalue weighted by Crippen LogP contribution is 2.19. The maximum Gasteiger partial charge on any atom is 0.253 e. The van der Waals surface area contributed by atoms with Gasteiger partial charge in [0.05, 0.1) is 17.1 Å². The Bertz CT molecular complexity index is 502. The summed E-state index contributed by atoms with van der Waals surface area (Å²) in [5.41, 5.74) is 0.281. The highest BCUT2D eigenvalue weighted by molar-refractivity contribution is 6.41. The molecule has 1 aliphatic rings. The molecule has 1 N–H and O–H groups in total. The van der Waals surface area contributed by atoms with Crippen LogP contribution < -0.4 is 5.32 Å². The van der Waals surface area contributed by atoms with Crippen molar-refractivity contribution in [3.8, 4) is 0 Å². The average molecular weight is 302 g/mol. The van der Waals surface area contributed by atoms with Crippen molar-refractivity contribution in [1.82, 2.24) is 15.2 Å². The maximum atomic E-state index is 11.8. The minimum atomic E-state index is -0.390. The van der Waals surface area contributed by atoms with Crippen molar-refractivity contribution in [2.45, 2.75) is 12.8 Å². The van der Waals surface area contributed by atoms with E-state index < -0.39 is 5.91 Å². The van der Waals surface area contributed by atoms with Crippen LogP contribution in [0.2, 0.25) is 10.2 Å². The Labute approximate surface area is 120 Å². The molecule has 0 radical (unpaired) electrons. The monoisotopic (exact) mass is 301 g/mol. The van der Waals surface area contributed by atoms with Gasteiger partial charge in [-0.15, -0.1) is 0 Å². The van der Waals surface area contributed by atoms with Crippen LogP contribution in [0.1, 0.15) is 23.2 Å². The Kier molecular flexibility index (Phi) is 4.61. The average Bonchev–Trinajstić information content (AvgIpc) is 2.92. The number of hydrogen-bond donors (Lipinski definition) is 1. The molecule has 1 aliphatic heterocycles. The van der Waals surface area contributed by atoms with Crippen molar-refractivity contribution in [2.24, 2.45) is 0 Å². The van der Waals surface area contributed by atoms with Crippen LogP contribution >= 0.6 is 23.2 Å². The molecule has 7 heteroatoms. The first-order valence-electron chi connectivity index (χ1n) is 5.95. The predicted molar refractivity (Wildman–Crippen MR) is 72.4 cm³/mol. The van der Waals surface area contributed by atoms with Crippen molar-refractivity contribution < 1.29 is 9.59 Å². The van der Waals surface area contributed by atoms with Gasteiger partial charge in [-0.05, 0) is 18.9 Å². The SMILES string of the molecule is O=C(NCC(=O)N1CCCC1)c1cnc(Cl)c(Cl)c1. The van der Waals surface area contributed by atoms with Gasteiger partial charge in [0.2, 0.25) is 5.91 Å². The molecule has 5 nitrogen and oxygen atoms in total. The van der Waals surface area contributed by atoms with E-state index in [1.807, 2.05) is 0 Å². The number of aromatic nitrogens is 1. The zero-order valence-corrected chi connectivity index (χ0v) is 11.7. The van der Waals surface area contributed by atoms with Crippen LogP contribution in [0, 0.1) is 0 Å². The lowest BCUT2D eigenvalue weighted by atomic mass is 10.2. The van der Waals surface area contributed by atoms with Gasteiger partial charge in [0.1, 0.15) is 5.15 Å². The quantitative estimate of drug-likeness (QED) is 0.865. The van der Waals surface area contributed by atoms with Gasteiger partial charge in [-0.25, -0.2) is 4.98 Å². The van der Waals surface area contributed by atoms with Gasteiger partial charge in [-0.3, -0.25) is 9.59 Å². The second kappa shape index (κ2) is 6.21. The third-order valence-electron chi connectivity index (χ3n) is 2.92. The van der Waals surface area contributed by atoms with Crippen LogP contribution in [0.3, 0.4) is 0 Å². The van der Waals surface area contributed by atoms with Crippen molar-refractivity contribution in [2.75, 3.05) is 19.6 Å². The van der Waals surface area contributed by atoms with E-state index in [-0.39, 0.29) is 28.2 Å². The smallest absolute Gasteiger partial charge is 0.253 e. The number of halogens is 2. The summed E-state index contributed by atoms with van der Waals surface area (Å²) >= 11 is 11.4. The van der Waals surface area contributed by atoms with Crippen LogP contribution in [0.4, 0.5) is 0 Å². The first-order valence-corrected chi connectivity index (χ1v) is 6.70. The highest BCUT2D eigenvalue weighted by Gasteiger charge is 2.18. The summed E-state index contributed by atoms with van der Waals surface area (Å²) in [6.45, 7) is 1.52. The van der Waals surface area contributed by atoms with Crippen molar-refractivity contribution in [3.05, 3.63) is 28.0 Å². The lowest BCUT2D eigenvalue weighted by Gasteiger charge is -2.15. The molecule has 2 amide bonds. The number of carbonyl (C=O) groups is 2. The molecule has 1 saturated heterocycles. The summed E-state index contributed by atoms with van der Waals surface area (Å²) in [6.07, 6.45) is 3.37. The van der Waals surface area contributed by atoms with Gasteiger partial charge in [0, 0.05) is 19.3 Å². The van der Waals surface area contributed by atoms with Gasteiger partial charge >= 0.3 is 0 Å². The van der Waals surface area contributed by atoms with Crippen LogP contribution in [0.15, 0.2) is 12.3 Å². The summed E-state index contributed by atoms with van der Waals surface area (Å²) in [5.74, 6) is -0.461. The molecule has 0 unspecified atom stereocenters. The Hall–Kier alpha value is -1.33. The number of hydrogen-bond acceptors (Lipinski definition) is 3. The summed E-state index contributed by atoms with van der Waals surface area (Å²) in [5, 5.41) is 2.90. The van der Waals surface area contributed by atoms with E-state index in [0.717, 1.165) is 25.9 Å². The molecule has 1 aromatic rings. The topological polar surface area (TPSA) is 62.3 Å². The summed E-state index contributed by atoms with van der Waals surface area (Å²) < 4.78 is 0. The van der Waals surface area contributed by atoms with E-state index >= 15 is 0 Å². The van der Waals surface area contributed by atoms with Gasteiger partial charge in [-0.2, -0.15) is 0 Å². The number of carbonyl (C=O) groups excluding carboxylic acids is 2. The van der Waals surface area contributed by atoms with E-state index in [1.54, 1.807) is 4.90 Å². The lowest BCUT2D eigenvalue weighted by molar-refractivity contribution is -0.129. The van der Waals surface area contributed by atoms with Gasteiger partial charge in [0.25, 0.3) is 5.91 Å². The molecule has 0 aromatic carbocycles. The highest BCUT2D eigenvalue weighted by atomic mass is 35.5. The number of rotatable bonds is 3. The predicted octanol–water partition coefficient (Wildman–Crippen LogP) is 1.74. The normalized spacial score (nSPS) is 14.5. The Morgan fingerprint density at radius 2 is 2.00 bits per heavy atom. The van der Waals surface area contributed by atoms with E-state index in [1.165, 1.54) is 12.3 Å². The third kappa shape index (κ3) is 3.58. The first kappa shape index (κ1) is 14.1. The molecule has 2 heterocycles. The summed E-state index contributed by atoms with van der Waals surface area (Å²) in [4.78, 5) is 29.1. The van der Waals surface area contributed by atoms with Gasteiger partial charge in [-0.1, -0.05) is 23.2 Å². The van der Waals surface area contributed by atoms with E-state index in [9.17, 15) is 9.59 Å². The molecule has 0 bridgehead atoms. The third-order valence-corrected chi connectivity index (χ3v) is 3.60. The van der Waals surface area contributed by atoms with Crippen molar-refractivity contribution in [1.29, 1.82) is 0 Å². The summed E-state index contributed by atoms with van der Waals surface area (Å²) in [6, 6.07) is 1.42. The molecule has 1 fully saturated rings. The molecular weight excluding hydrogens is 289 g/mol. The molecule has 0 spiro atoms. The van der Waals surface area contributed by atoms with E-state index in [2.05, 4.69) is 10.3 Å². The Balaban J connectivity index is 1.90. The minimum absolute atomic E-state index is 0.0148. The second-order valence-electron chi connectivity index (χ2n) is 4.27. The number of amides is 2. The van der Waals surface area contributed by atoms with Gasteiger partial charge < -0.3 is 10.2 Å². The van der Waals surface area contributed by atoms with Crippen molar-refractivity contribution in [3.63, 3.8) is 0 Å². The fourth-order valence-electron chi connectivity index (χ4n) is 1.88.